The fourth-order valence-electron chi connectivity index (χ4n) is 3.80. The van der Waals surface area contributed by atoms with Crippen molar-refractivity contribution in [1.82, 2.24) is 4.90 Å². The first-order valence-corrected chi connectivity index (χ1v) is 11.1. The van der Waals surface area contributed by atoms with E-state index in [0.29, 0.717) is 6.42 Å². The van der Waals surface area contributed by atoms with Gasteiger partial charge in [0.25, 0.3) is 23.4 Å². The summed E-state index contributed by atoms with van der Waals surface area (Å²) in [6.45, 7) is -0.539. The Bertz CT molecular complexity index is 1400. The number of carbonyl (C=O) groups is 4. The van der Waals surface area contributed by atoms with Crippen LogP contribution in [0.4, 0.5) is 11.4 Å². The van der Waals surface area contributed by atoms with Crippen LogP contribution in [0.2, 0.25) is 0 Å². The maximum atomic E-state index is 12.8. The van der Waals surface area contributed by atoms with Gasteiger partial charge in [0.05, 0.1) is 34.8 Å². The minimum absolute atomic E-state index is 0.0203. The highest BCUT2D eigenvalue weighted by atomic mass is 16.6. The number of ether oxygens (including phenoxy) is 2. The number of anilines is 1. The van der Waals surface area contributed by atoms with Gasteiger partial charge in [0.1, 0.15) is 11.4 Å². The van der Waals surface area contributed by atoms with Crippen LogP contribution in [0.5, 0.6) is 5.75 Å². The number of amides is 3. The molecule has 0 saturated heterocycles. The third kappa shape index (κ3) is 5.45. The van der Waals surface area contributed by atoms with Crippen molar-refractivity contribution < 1.29 is 33.6 Å². The number of rotatable bonds is 9. The maximum absolute atomic E-state index is 12.8. The monoisotopic (exact) mass is 503 g/mol. The average molecular weight is 503 g/mol. The number of imide groups is 1. The molecule has 4 rings (SSSR count). The minimum atomic E-state index is -0.898. The molecule has 3 aromatic rings. The second-order valence-corrected chi connectivity index (χ2v) is 8.02. The predicted octanol–water partition coefficient (Wildman–Crippen LogP) is 3.24. The third-order valence-electron chi connectivity index (χ3n) is 5.68. The summed E-state index contributed by atoms with van der Waals surface area (Å²) in [6, 6.07) is 17.2. The number of hydrogen-bond acceptors (Lipinski definition) is 8. The van der Waals surface area contributed by atoms with E-state index in [1.165, 1.54) is 37.4 Å². The molecule has 0 spiro atoms. The fraction of sp³-hybridized carbons (Fsp3) is 0.154. The number of methoxy groups -OCH3 is 1. The van der Waals surface area contributed by atoms with Crippen LogP contribution in [-0.2, 0) is 16.0 Å². The molecule has 11 heteroatoms. The Labute approximate surface area is 210 Å². The van der Waals surface area contributed by atoms with Crippen LogP contribution in [0.25, 0.3) is 0 Å². The van der Waals surface area contributed by atoms with Crippen LogP contribution < -0.4 is 10.1 Å². The molecule has 0 fully saturated rings. The molecule has 0 aromatic heterocycles. The molecule has 1 heterocycles. The zero-order chi connectivity index (χ0) is 26.5. The normalized spacial score (nSPS) is 12.2. The summed E-state index contributed by atoms with van der Waals surface area (Å²) in [7, 11) is 1.35. The van der Waals surface area contributed by atoms with Crippen LogP contribution in [-0.4, -0.2) is 53.8 Å². The van der Waals surface area contributed by atoms with Crippen molar-refractivity contribution in [3.63, 3.8) is 0 Å². The molecule has 0 unspecified atom stereocenters. The van der Waals surface area contributed by atoms with Gasteiger partial charge in [-0.1, -0.05) is 30.3 Å². The second-order valence-electron chi connectivity index (χ2n) is 8.02. The van der Waals surface area contributed by atoms with Gasteiger partial charge in [0.2, 0.25) is 0 Å². The molecule has 0 atom stereocenters. The van der Waals surface area contributed by atoms with Crippen molar-refractivity contribution in [2.45, 2.75) is 6.42 Å². The quantitative estimate of drug-likeness (QED) is 0.203. The Kier molecular flexibility index (Phi) is 7.23. The zero-order valence-electron chi connectivity index (χ0n) is 19.6. The van der Waals surface area contributed by atoms with Gasteiger partial charge in [0.15, 0.2) is 6.61 Å². The van der Waals surface area contributed by atoms with Gasteiger partial charge in [-0.25, -0.2) is 4.79 Å². The SMILES string of the molecule is COc1ccc(NC(=O)COC(=O)c2ccc3c(c2)C(=O)N(CCc2ccccc2)C3=O)c([N+](=O)[O-])c1. The first-order chi connectivity index (χ1) is 17.8. The number of esters is 1. The summed E-state index contributed by atoms with van der Waals surface area (Å²) in [4.78, 5) is 62.0. The van der Waals surface area contributed by atoms with Crippen LogP contribution in [0, 0.1) is 10.1 Å². The average Bonchev–Trinajstić information content (AvgIpc) is 3.15. The van der Waals surface area contributed by atoms with Crippen LogP contribution in [0.15, 0.2) is 66.7 Å². The van der Waals surface area contributed by atoms with Gasteiger partial charge >= 0.3 is 5.97 Å². The van der Waals surface area contributed by atoms with E-state index in [0.717, 1.165) is 16.5 Å². The summed E-state index contributed by atoms with van der Waals surface area (Å²) in [6.07, 6.45) is 0.489. The van der Waals surface area contributed by atoms with E-state index in [1.54, 1.807) is 0 Å². The molecule has 1 N–H and O–H groups in total. The van der Waals surface area contributed by atoms with Crippen molar-refractivity contribution in [2.75, 3.05) is 25.6 Å². The highest BCUT2D eigenvalue weighted by Crippen LogP contribution is 2.29. The smallest absolute Gasteiger partial charge is 0.338 e. The van der Waals surface area contributed by atoms with Crippen molar-refractivity contribution in [2.24, 2.45) is 0 Å². The summed E-state index contributed by atoms with van der Waals surface area (Å²) in [5.74, 6) is -2.43. The van der Waals surface area contributed by atoms with Crippen LogP contribution in [0.3, 0.4) is 0 Å². The third-order valence-corrected chi connectivity index (χ3v) is 5.68. The number of benzene rings is 3. The summed E-state index contributed by atoms with van der Waals surface area (Å²) in [5, 5.41) is 13.6. The molecule has 188 valence electrons. The maximum Gasteiger partial charge on any atom is 0.338 e. The molecule has 1 aliphatic rings. The van der Waals surface area contributed by atoms with Crippen molar-refractivity contribution in [3.8, 4) is 5.75 Å². The molecule has 0 bridgehead atoms. The molecular weight excluding hydrogens is 482 g/mol. The lowest BCUT2D eigenvalue weighted by atomic mass is 10.1. The predicted molar refractivity (Wildman–Crippen MR) is 131 cm³/mol. The zero-order valence-corrected chi connectivity index (χ0v) is 19.6. The summed E-state index contributed by atoms with van der Waals surface area (Å²) < 4.78 is 9.95. The van der Waals surface area contributed by atoms with Crippen molar-refractivity contribution in [3.05, 3.63) is 99.1 Å². The van der Waals surface area contributed by atoms with Gasteiger partial charge in [-0.05, 0) is 42.3 Å². The number of carbonyl (C=O) groups excluding carboxylic acids is 4. The number of hydrogen-bond donors (Lipinski definition) is 1. The molecule has 3 aromatic carbocycles. The van der Waals surface area contributed by atoms with Crippen LogP contribution >= 0.6 is 0 Å². The Balaban J connectivity index is 1.38. The largest absolute Gasteiger partial charge is 0.496 e. The number of nitrogens with zero attached hydrogens (tertiary/aromatic N) is 2. The number of fused-ring (bicyclic) bond motifs is 1. The van der Waals surface area contributed by atoms with Gasteiger partial charge in [-0.2, -0.15) is 0 Å². The Morgan fingerprint density at radius 2 is 1.70 bits per heavy atom. The van der Waals surface area contributed by atoms with E-state index >= 15 is 0 Å². The van der Waals surface area contributed by atoms with E-state index in [9.17, 15) is 29.3 Å². The lowest BCUT2D eigenvalue weighted by molar-refractivity contribution is -0.384. The van der Waals surface area contributed by atoms with E-state index in [4.69, 9.17) is 9.47 Å². The van der Waals surface area contributed by atoms with Gasteiger partial charge in [-0.15, -0.1) is 0 Å². The first kappa shape index (κ1) is 25.0. The standard InChI is InChI=1S/C26H21N3O8/c1-36-18-8-10-21(22(14-18)29(34)35)27-23(30)15-37-26(33)17-7-9-19-20(13-17)25(32)28(24(19)31)12-11-16-5-3-2-4-6-16/h2-10,13-14H,11-12,15H2,1H3,(H,27,30). The molecule has 0 aliphatic carbocycles. The topological polar surface area (TPSA) is 145 Å². The number of nitrogens with one attached hydrogen (secondary N) is 1. The summed E-state index contributed by atoms with van der Waals surface area (Å²) in [5.41, 5.74) is 0.723. The molecular formula is C26H21N3O8. The Morgan fingerprint density at radius 1 is 0.973 bits per heavy atom. The summed E-state index contributed by atoms with van der Waals surface area (Å²) >= 11 is 0. The first-order valence-electron chi connectivity index (χ1n) is 11.1. The van der Waals surface area contributed by atoms with E-state index in [-0.39, 0.29) is 34.7 Å². The van der Waals surface area contributed by atoms with E-state index in [1.807, 2.05) is 30.3 Å². The molecule has 3 amide bonds. The highest BCUT2D eigenvalue weighted by Gasteiger charge is 2.35. The van der Waals surface area contributed by atoms with Crippen LogP contribution in [0.1, 0.15) is 36.6 Å². The lowest BCUT2D eigenvalue weighted by Gasteiger charge is -2.13. The molecule has 0 radical (unpaired) electrons. The fourth-order valence-corrected chi connectivity index (χ4v) is 3.80. The van der Waals surface area contributed by atoms with Crippen molar-refractivity contribution >= 4 is 35.1 Å². The minimum Gasteiger partial charge on any atom is -0.496 e. The Morgan fingerprint density at radius 3 is 2.41 bits per heavy atom. The van der Waals surface area contributed by atoms with Gasteiger partial charge in [-0.3, -0.25) is 29.4 Å². The Hall–Kier alpha value is -5.06. The number of nitro benzene ring substituents is 1. The van der Waals surface area contributed by atoms with Crippen molar-refractivity contribution in [1.29, 1.82) is 0 Å². The molecule has 11 nitrogen and oxygen atoms in total. The van der Waals surface area contributed by atoms with Gasteiger partial charge < -0.3 is 14.8 Å². The lowest BCUT2D eigenvalue weighted by Crippen LogP contribution is -2.31. The second kappa shape index (κ2) is 10.7. The molecule has 1 aliphatic heterocycles. The number of nitro groups is 1. The van der Waals surface area contributed by atoms with Gasteiger partial charge in [0, 0.05) is 6.54 Å². The molecule has 0 saturated carbocycles. The molecule has 37 heavy (non-hydrogen) atoms. The van der Waals surface area contributed by atoms with E-state index < -0.39 is 40.9 Å². The van der Waals surface area contributed by atoms with E-state index in [2.05, 4.69) is 5.32 Å². The highest BCUT2D eigenvalue weighted by molar-refractivity contribution is 6.22.